The van der Waals surface area contributed by atoms with E-state index < -0.39 is 11.8 Å². The fraction of sp³-hybridized carbons (Fsp3) is 0.529. The Morgan fingerprint density at radius 1 is 1.23 bits per heavy atom. The van der Waals surface area contributed by atoms with Crippen LogP contribution in [0.3, 0.4) is 0 Å². The van der Waals surface area contributed by atoms with Crippen LogP contribution in [-0.2, 0) is 16.1 Å². The number of carbonyl (C=O) groups excluding carboxylic acids is 2. The van der Waals surface area contributed by atoms with Crippen molar-refractivity contribution in [2.45, 2.75) is 45.2 Å². The molecule has 2 N–H and O–H groups in total. The van der Waals surface area contributed by atoms with Crippen molar-refractivity contribution >= 4 is 11.8 Å². The largest absolute Gasteiger partial charge is 0.497 e. The van der Waals surface area contributed by atoms with Gasteiger partial charge in [-0.15, -0.1) is 0 Å². The smallest absolute Gasteiger partial charge is 0.309 e. The van der Waals surface area contributed by atoms with Crippen molar-refractivity contribution in [1.82, 2.24) is 10.6 Å². The lowest BCUT2D eigenvalue weighted by Gasteiger charge is -2.29. The van der Waals surface area contributed by atoms with Gasteiger partial charge in [0.05, 0.1) is 7.11 Å². The molecule has 0 spiro atoms. The summed E-state index contributed by atoms with van der Waals surface area (Å²) in [5, 5.41) is 5.50. The van der Waals surface area contributed by atoms with E-state index in [0.717, 1.165) is 30.6 Å². The average molecular weight is 304 g/mol. The first-order chi connectivity index (χ1) is 10.6. The van der Waals surface area contributed by atoms with Crippen molar-refractivity contribution in [3.8, 4) is 5.75 Å². The molecule has 1 saturated carbocycles. The number of rotatable bonds is 4. The van der Waals surface area contributed by atoms with Gasteiger partial charge < -0.3 is 15.4 Å². The van der Waals surface area contributed by atoms with Gasteiger partial charge in [-0.2, -0.15) is 0 Å². The van der Waals surface area contributed by atoms with Gasteiger partial charge in [0, 0.05) is 12.6 Å². The Hall–Kier alpha value is -2.04. The second-order valence-corrected chi connectivity index (χ2v) is 5.88. The molecule has 0 radical (unpaired) electrons. The molecule has 2 amide bonds. The number of methoxy groups -OCH3 is 1. The monoisotopic (exact) mass is 304 g/mol. The molecule has 120 valence electrons. The zero-order valence-electron chi connectivity index (χ0n) is 13.2. The molecule has 0 saturated heterocycles. The van der Waals surface area contributed by atoms with E-state index in [4.69, 9.17) is 4.74 Å². The van der Waals surface area contributed by atoms with E-state index in [-0.39, 0.29) is 6.04 Å². The van der Waals surface area contributed by atoms with Crippen LogP contribution in [0.5, 0.6) is 5.75 Å². The minimum Gasteiger partial charge on any atom is -0.497 e. The molecule has 1 aromatic rings. The summed E-state index contributed by atoms with van der Waals surface area (Å²) in [4.78, 5) is 23.9. The maximum atomic E-state index is 12.0. The molecule has 5 nitrogen and oxygen atoms in total. The maximum Gasteiger partial charge on any atom is 0.309 e. The number of carbonyl (C=O) groups is 2. The van der Waals surface area contributed by atoms with Crippen molar-refractivity contribution in [2.75, 3.05) is 7.11 Å². The van der Waals surface area contributed by atoms with Crippen LogP contribution < -0.4 is 15.4 Å². The standard InChI is InChI=1S/C17H24N2O3/c1-12-6-3-4-9-15(12)19-17(21)16(20)18-11-13-7-5-8-14(10-13)22-2/h5,7-8,10,12,15H,3-4,6,9,11H2,1-2H3,(H,18,20)(H,19,21)/t12-,15-/m0/s1. The number of benzene rings is 1. The van der Waals surface area contributed by atoms with E-state index in [1.165, 1.54) is 6.42 Å². The van der Waals surface area contributed by atoms with Crippen molar-refractivity contribution in [2.24, 2.45) is 5.92 Å². The third kappa shape index (κ3) is 4.48. The van der Waals surface area contributed by atoms with Gasteiger partial charge in [0.2, 0.25) is 0 Å². The zero-order chi connectivity index (χ0) is 15.9. The van der Waals surface area contributed by atoms with Crippen LogP contribution in [0.4, 0.5) is 0 Å². The molecule has 1 aliphatic rings. The van der Waals surface area contributed by atoms with Gasteiger partial charge in [-0.25, -0.2) is 0 Å². The first-order valence-corrected chi connectivity index (χ1v) is 7.81. The molecule has 0 unspecified atom stereocenters. The van der Waals surface area contributed by atoms with Gasteiger partial charge in [0.25, 0.3) is 0 Å². The SMILES string of the molecule is COc1cccc(CNC(=O)C(=O)N[C@H]2CCCC[C@@H]2C)c1. The van der Waals surface area contributed by atoms with Crippen LogP contribution in [0.15, 0.2) is 24.3 Å². The predicted octanol–water partition coefficient (Wildman–Crippen LogP) is 2.01. The highest BCUT2D eigenvalue weighted by Gasteiger charge is 2.25. The van der Waals surface area contributed by atoms with Crippen LogP contribution in [0.1, 0.15) is 38.2 Å². The Kier molecular flexibility index (Phi) is 5.81. The lowest BCUT2D eigenvalue weighted by Crippen LogP contribution is -2.47. The number of hydrogen-bond donors (Lipinski definition) is 2. The summed E-state index contributed by atoms with van der Waals surface area (Å²) in [6.07, 6.45) is 4.38. The molecule has 2 atom stereocenters. The molecule has 1 fully saturated rings. The summed E-state index contributed by atoms with van der Waals surface area (Å²) in [6, 6.07) is 7.52. The van der Waals surface area contributed by atoms with Gasteiger partial charge in [-0.3, -0.25) is 9.59 Å². The number of nitrogens with one attached hydrogen (secondary N) is 2. The number of hydrogen-bond acceptors (Lipinski definition) is 3. The van der Waals surface area contributed by atoms with Gasteiger partial charge in [0.15, 0.2) is 0 Å². The highest BCUT2D eigenvalue weighted by molar-refractivity contribution is 6.35. The summed E-state index contributed by atoms with van der Waals surface area (Å²) in [6.45, 7) is 2.43. The molecule has 0 bridgehead atoms. The predicted molar refractivity (Wildman–Crippen MR) is 84.4 cm³/mol. The van der Waals surface area contributed by atoms with Crippen LogP contribution in [0.25, 0.3) is 0 Å². The Morgan fingerprint density at radius 3 is 2.73 bits per heavy atom. The molecule has 22 heavy (non-hydrogen) atoms. The van der Waals surface area contributed by atoms with E-state index in [9.17, 15) is 9.59 Å². The van der Waals surface area contributed by atoms with Gasteiger partial charge >= 0.3 is 11.8 Å². The molecule has 1 aromatic carbocycles. The van der Waals surface area contributed by atoms with E-state index >= 15 is 0 Å². The van der Waals surface area contributed by atoms with Gasteiger partial charge in [0.1, 0.15) is 5.75 Å². The second kappa shape index (κ2) is 7.82. The third-order valence-electron chi connectivity index (χ3n) is 4.22. The van der Waals surface area contributed by atoms with Gasteiger partial charge in [-0.05, 0) is 36.5 Å². The van der Waals surface area contributed by atoms with Crippen molar-refractivity contribution in [1.29, 1.82) is 0 Å². The number of amides is 2. The normalized spacial score (nSPS) is 21.0. The number of ether oxygens (including phenoxy) is 1. The maximum absolute atomic E-state index is 12.0. The summed E-state index contributed by atoms with van der Waals surface area (Å²) in [5.41, 5.74) is 0.895. The topological polar surface area (TPSA) is 67.4 Å². The summed E-state index contributed by atoms with van der Waals surface area (Å²) in [7, 11) is 1.59. The van der Waals surface area contributed by atoms with Crippen LogP contribution in [-0.4, -0.2) is 25.0 Å². The highest BCUT2D eigenvalue weighted by Crippen LogP contribution is 2.23. The minimum absolute atomic E-state index is 0.115. The zero-order valence-corrected chi connectivity index (χ0v) is 13.2. The summed E-state index contributed by atoms with van der Waals surface area (Å²) < 4.78 is 5.13. The third-order valence-corrected chi connectivity index (χ3v) is 4.22. The van der Waals surface area contributed by atoms with E-state index in [2.05, 4.69) is 17.6 Å². The lowest BCUT2D eigenvalue weighted by molar-refractivity contribution is -0.140. The van der Waals surface area contributed by atoms with E-state index in [0.29, 0.717) is 12.5 Å². The van der Waals surface area contributed by atoms with Crippen molar-refractivity contribution in [3.05, 3.63) is 29.8 Å². The molecular formula is C17H24N2O3. The quantitative estimate of drug-likeness (QED) is 0.836. The fourth-order valence-corrected chi connectivity index (χ4v) is 2.81. The Labute approximate surface area is 131 Å². The van der Waals surface area contributed by atoms with E-state index in [1.54, 1.807) is 7.11 Å². The van der Waals surface area contributed by atoms with Crippen molar-refractivity contribution in [3.63, 3.8) is 0 Å². The molecule has 5 heteroatoms. The molecule has 1 aliphatic carbocycles. The minimum atomic E-state index is -0.583. The molecular weight excluding hydrogens is 280 g/mol. The second-order valence-electron chi connectivity index (χ2n) is 5.88. The lowest BCUT2D eigenvalue weighted by atomic mass is 9.86. The molecule has 0 aliphatic heterocycles. The Balaban J connectivity index is 1.82. The molecule has 0 aromatic heterocycles. The first-order valence-electron chi connectivity index (χ1n) is 7.81. The van der Waals surface area contributed by atoms with Crippen LogP contribution in [0, 0.1) is 5.92 Å². The molecule has 0 heterocycles. The van der Waals surface area contributed by atoms with Gasteiger partial charge in [-0.1, -0.05) is 31.9 Å². The van der Waals surface area contributed by atoms with E-state index in [1.807, 2.05) is 24.3 Å². The Bertz CT molecular complexity index is 530. The fourth-order valence-electron chi connectivity index (χ4n) is 2.81. The first kappa shape index (κ1) is 16.3. The van der Waals surface area contributed by atoms with Crippen molar-refractivity contribution < 1.29 is 14.3 Å². The summed E-state index contributed by atoms with van der Waals surface area (Å²) >= 11 is 0. The summed E-state index contributed by atoms with van der Waals surface area (Å²) in [5.74, 6) is 0.0401. The Morgan fingerprint density at radius 2 is 2.00 bits per heavy atom. The molecule has 2 rings (SSSR count). The van der Waals surface area contributed by atoms with Crippen LogP contribution in [0.2, 0.25) is 0 Å². The average Bonchev–Trinajstić information content (AvgIpc) is 2.54. The highest BCUT2D eigenvalue weighted by atomic mass is 16.5. The van der Waals surface area contributed by atoms with Crippen LogP contribution >= 0.6 is 0 Å².